The number of fused-ring (bicyclic) bond motifs is 1. The third kappa shape index (κ3) is 2.29. The number of hydrogen-bond acceptors (Lipinski definition) is 1. The van der Waals surface area contributed by atoms with Crippen LogP contribution in [0.3, 0.4) is 0 Å². The van der Waals surface area contributed by atoms with Gasteiger partial charge < -0.3 is 0 Å². The van der Waals surface area contributed by atoms with Gasteiger partial charge >= 0.3 is 0 Å². The molecule has 0 bridgehead atoms. The zero-order valence-electron chi connectivity index (χ0n) is 9.66. The van der Waals surface area contributed by atoms with Crippen molar-refractivity contribution < 1.29 is 0 Å². The lowest BCUT2D eigenvalue weighted by Gasteiger charge is -2.17. The molecule has 0 atom stereocenters. The first-order valence-corrected chi connectivity index (χ1v) is 7.42. The first-order chi connectivity index (χ1) is 8.74. The smallest absolute Gasteiger partial charge is 0.0722 e. The molecule has 0 saturated carbocycles. The van der Waals surface area contributed by atoms with E-state index in [0.29, 0.717) is 0 Å². The molecule has 3 rings (SSSR count). The van der Waals surface area contributed by atoms with Crippen LogP contribution in [-0.2, 0) is 6.42 Å². The Bertz CT molecular complexity index is 632. The molecule has 2 aromatic carbocycles. The third-order valence-electron chi connectivity index (χ3n) is 3.07. The first-order valence-electron chi connectivity index (χ1n) is 5.83. The molecule has 0 saturated heterocycles. The van der Waals surface area contributed by atoms with Crippen molar-refractivity contribution in [3.8, 4) is 0 Å². The summed E-state index contributed by atoms with van der Waals surface area (Å²) in [6.07, 6.45) is 1.02. The Balaban J connectivity index is 2.12. The molecule has 3 heteroatoms. The Labute approximate surface area is 123 Å². The Morgan fingerprint density at radius 2 is 1.78 bits per heavy atom. The predicted octanol–water partition coefficient (Wildman–Crippen LogP) is 4.61. The quantitative estimate of drug-likeness (QED) is 0.700. The van der Waals surface area contributed by atoms with Gasteiger partial charge in [-0.25, -0.2) is 0 Å². The first kappa shape index (κ1) is 12.1. The minimum Gasteiger partial charge on any atom is -0.284 e. The molecule has 90 valence electrons. The van der Waals surface area contributed by atoms with Crippen LogP contribution in [0.15, 0.2) is 56.4 Å². The molecule has 0 radical (unpaired) electrons. The van der Waals surface area contributed by atoms with Gasteiger partial charge in [-0.1, -0.05) is 50.1 Å². The number of aliphatic imine (C=N–C) groups is 1. The second kappa shape index (κ2) is 4.98. The SMILES string of the molecule is Brc1cccc(C2=NCCc3cc(Br)ccc32)c1. The van der Waals surface area contributed by atoms with Crippen LogP contribution in [0.4, 0.5) is 0 Å². The fraction of sp³-hybridized carbons (Fsp3) is 0.133. The molecule has 0 N–H and O–H groups in total. The van der Waals surface area contributed by atoms with Gasteiger partial charge in [0.25, 0.3) is 0 Å². The molecule has 1 heterocycles. The van der Waals surface area contributed by atoms with Gasteiger partial charge in [0.2, 0.25) is 0 Å². The zero-order chi connectivity index (χ0) is 12.5. The maximum Gasteiger partial charge on any atom is 0.0722 e. The number of nitrogens with zero attached hydrogens (tertiary/aromatic N) is 1. The lowest BCUT2D eigenvalue weighted by atomic mass is 9.93. The van der Waals surface area contributed by atoms with E-state index in [1.807, 2.05) is 6.07 Å². The molecule has 18 heavy (non-hydrogen) atoms. The summed E-state index contributed by atoms with van der Waals surface area (Å²) in [7, 11) is 0. The number of benzene rings is 2. The maximum absolute atomic E-state index is 4.69. The third-order valence-corrected chi connectivity index (χ3v) is 4.06. The van der Waals surface area contributed by atoms with Crippen LogP contribution in [0, 0.1) is 0 Å². The van der Waals surface area contributed by atoms with Crippen LogP contribution < -0.4 is 0 Å². The van der Waals surface area contributed by atoms with Crippen molar-refractivity contribution in [2.24, 2.45) is 4.99 Å². The summed E-state index contributed by atoms with van der Waals surface area (Å²) < 4.78 is 2.23. The summed E-state index contributed by atoms with van der Waals surface area (Å²) in [5.74, 6) is 0. The highest BCUT2D eigenvalue weighted by Gasteiger charge is 2.15. The highest BCUT2D eigenvalue weighted by molar-refractivity contribution is 9.10. The van der Waals surface area contributed by atoms with Crippen molar-refractivity contribution >= 4 is 37.6 Å². The average Bonchev–Trinajstić information content (AvgIpc) is 2.37. The lowest BCUT2D eigenvalue weighted by Crippen LogP contribution is -2.14. The Kier molecular flexibility index (Phi) is 3.35. The van der Waals surface area contributed by atoms with Crippen LogP contribution in [0.1, 0.15) is 16.7 Å². The van der Waals surface area contributed by atoms with E-state index in [-0.39, 0.29) is 0 Å². The van der Waals surface area contributed by atoms with Crippen molar-refractivity contribution in [1.82, 2.24) is 0 Å². The van der Waals surface area contributed by atoms with E-state index >= 15 is 0 Å². The molecular weight excluding hydrogens is 354 g/mol. The molecule has 0 amide bonds. The van der Waals surface area contributed by atoms with E-state index in [2.05, 4.69) is 68.3 Å². The second-order valence-corrected chi connectivity index (χ2v) is 6.12. The van der Waals surface area contributed by atoms with Crippen LogP contribution in [0.25, 0.3) is 0 Å². The van der Waals surface area contributed by atoms with Gasteiger partial charge in [0.15, 0.2) is 0 Å². The van der Waals surface area contributed by atoms with Crippen molar-refractivity contribution in [2.75, 3.05) is 6.54 Å². The van der Waals surface area contributed by atoms with Gasteiger partial charge in [0.1, 0.15) is 0 Å². The monoisotopic (exact) mass is 363 g/mol. The van der Waals surface area contributed by atoms with E-state index in [0.717, 1.165) is 27.6 Å². The molecule has 0 fully saturated rings. The number of halogens is 2. The summed E-state index contributed by atoms with van der Waals surface area (Å²) in [5.41, 5.74) is 4.90. The van der Waals surface area contributed by atoms with E-state index in [1.165, 1.54) is 16.7 Å². The standard InChI is InChI=1S/C15H11Br2N/c16-12-3-1-2-11(9-12)15-14-5-4-13(17)8-10(14)6-7-18-15/h1-5,8-9H,6-7H2. The molecule has 2 aromatic rings. The summed E-state index contributed by atoms with van der Waals surface area (Å²) in [4.78, 5) is 4.69. The van der Waals surface area contributed by atoms with Crippen LogP contribution in [0.2, 0.25) is 0 Å². The van der Waals surface area contributed by atoms with Crippen LogP contribution >= 0.6 is 31.9 Å². The predicted molar refractivity (Wildman–Crippen MR) is 82.5 cm³/mol. The van der Waals surface area contributed by atoms with Crippen LogP contribution in [0.5, 0.6) is 0 Å². The summed E-state index contributed by atoms with van der Waals surface area (Å²) in [6.45, 7) is 0.866. The van der Waals surface area contributed by atoms with Gasteiger partial charge in [0.05, 0.1) is 5.71 Å². The molecule has 0 aromatic heterocycles. The van der Waals surface area contributed by atoms with Gasteiger partial charge in [-0.15, -0.1) is 0 Å². The summed E-state index contributed by atoms with van der Waals surface area (Å²) in [6, 6.07) is 14.7. The van der Waals surface area contributed by atoms with Gasteiger partial charge in [-0.3, -0.25) is 4.99 Å². The largest absolute Gasteiger partial charge is 0.284 e. The summed E-state index contributed by atoms with van der Waals surface area (Å²) in [5, 5.41) is 0. The van der Waals surface area contributed by atoms with E-state index in [1.54, 1.807) is 0 Å². The van der Waals surface area contributed by atoms with E-state index in [9.17, 15) is 0 Å². The molecule has 1 nitrogen and oxygen atoms in total. The fourth-order valence-electron chi connectivity index (χ4n) is 2.26. The summed E-state index contributed by atoms with van der Waals surface area (Å²) >= 11 is 7.05. The zero-order valence-corrected chi connectivity index (χ0v) is 12.8. The Hall–Kier alpha value is -0.930. The fourth-order valence-corrected chi connectivity index (χ4v) is 3.06. The van der Waals surface area contributed by atoms with Crippen molar-refractivity contribution in [1.29, 1.82) is 0 Å². The molecule has 0 aliphatic carbocycles. The highest BCUT2D eigenvalue weighted by atomic mass is 79.9. The molecular formula is C15H11Br2N. The number of hydrogen-bond donors (Lipinski definition) is 0. The van der Waals surface area contributed by atoms with Crippen molar-refractivity contribution in [3.63, 3.8) is 0 Å². The van der Waals surface area contributed by atoms with E-state index in [4.69, 9.17) is 4.99 Å². The second-order valence-electron chi connectivity index (χ2n) is 4.29. The van der Waals surface area contributed by atoms with Crippen molar-refractivity contribution in [3.05, 3.63) is 68.1 Å². The van der Waals surface area contributed by atoms with Gasteiger partial charge in [-0.2, -0.15) is 0 Å². The number of rotatable bonds is 1. The normalized spacial score (nSPS) is 14.0. The molecule has 1 aliphatic heterocycles. The molecule has 0 spiro atoms. The van der Waals surface area contributed by atoms with Crippen LogP contribution in [-0.4, -0.2) is 12.3 Å². The Morgan fingerprint density at radius 3 is 2.61 bits per heavy atom. The lowest BCUT2D eigenvalue weighted by molar-refractivity contribution is 0.943. The van der Waals surface area contributed by atoms with E-state index < -0.39 is 0 Å². The van der Waals surface area contributed by atoms with Gasteiger partial charge in [0, 0.05) is 26.6 Å². The minimum absolute atomic E-state index is 0.866. The minimum atomic E-state index is 0.866. The van der Waals surface area contributed by atoms with Gasteiger partial charge in [-0.05, 0) is 36.2 Å². The maximum atomic E-state index is 4.69. The Morgan fingerprint density at radius 1 is 0.944 bits per heavy atom. The average molecular weight is 365 g/mol. The molecule has 1 aliphatic rings. The van der Waals surface area contributed by atoms with Crippen molar-refractivity contribution in [2.45, 2.75) is 6.42 Å². The molecule has 0 unspecified atom stereocenters. The topological polar surface area (TPSA) is 12.4 Å². The highest BCUT2D eigenvalue weighted by Crippen LogP contribution is 2.25.